The van der Waals surface area contributed by atoms with Gasteiger partial charge in [-0.05, 0) is 29.4 Å². The van der Waals surface area contributed by atoms with E-state index in [0.29, 0.717) is 18.9 Å². The van der Waals surface area contributed by atoms with Crippen molar-refractivity contribution in [3.8, 4) is 0 Å². The summed E-state index contributed by atoms with van der Waals surface area (Å²) in [6.07, 6.45) is 2.83. The highest BCUT2D eigenvalue weighted by Crippen LogP contribution is 2.21. The minimum absolute atomic E-state index is 0.149. The van der Waals surface area contributed by atoms with Gasteiger partial charge in [-0.3, -0.25) is 4.99 Å². The molecule has 2 rings (SSSR count). The molecule has 0 bridgehead atoms. The number of aliphatic imine (C=N–C) groups is 1. The number of sulfone groups is 1. The Balaban J connectivity index is 1.97. The van der Waals surface area contributed by atoms with Crippen LogP contribution in [0.2, 0.25) is 0 Å². The molecule has 2 N–H and O–H groups in total. The Kier molecular flexibility index (Phi) is 8.90. The molecule has 1 atom stereocenters. The number of rotatable bonds is 10. The number of hydrogen-bond donors (Lipinski definition) is 2. The number of hydrogen-bond acceptors (Lipinski definition) is 3. The van der Waals surface area contributed by atoms with Crippen LogP contribution in [0, 0.1) is 5.41 Å². The van der Waals surface area contributed by atoms with Crippen molar-refractivity contribution in [2.75, 3.05) is 32.1 Å². The lowest BCUT2D eigenvalue weighted by Gasteiger charge is -2.26. The minimum atomic E-state index is -2.96. The van der Waals surface area contributed by atoms with Crippen LogP contribution in [0.4, 0.5) is 0 Å². The van der Waals surface area contributed by atoms with Crippen LogP contribution in [0.15, 0.2) is 65.7 Å². The van der Waals surface area contributed by atoms with Crippen LogP contribution < -0.4 is 10.6 Å². The van der Waals surface area contributed by atoms with Crippen molar-refractivity contribution in [2.24, 2.45) is 10.4 Å². The second kappa shape index (κ2) is 11.2. The van der Waals surface area contributed by atoms with Gasteiger partial charge in [0.25, 0.3) is 0 Å². The Morgan fingerprint density at radius 1 is 1.00 bits per heavy atom. The molecule has 0 spiro atoms. The molecular weight excluding hydrogens is 394 g/mol. The van der Waals surface area contributed by atoms with Crippen molar-refractivity contribution in [2.45, 2.75) is 32.6 Å². The second-order valence-electron chi connectivity index (χ2n) is 8.65. The normalized spacial score (nSPS) is 13.7. The molecule has 6 heteroatoms. The van der Waals surface area contributed by atoms with E-state index < -0.39 is 9.84 Å². The number of benzene rings is 2. The van der Waals surface area contributed by atoms with Crippen molar-refractivity contribution < 1.29 is 8.42 Å². The first-order valence-corrected chi connectivity index (χ1v) is 12.5. The fourth-order valence-corrected chi connectivity index (χ4v) is 4.17. The van der Waals surface area contributed by atoms with Crippen molar-refractivity contribution in [1.82, 2.24) is 10.6 Å². The van der Waals surface area contributed by atoms with Crippen molar-refractivity contribution in [3.05, 3.63) is 71.8 Å². The van der Waals surface area contributed by atoms with Crippen LogP contribution in [-0.2, 0) is 16.3 Å². The molecule has 0 aromatic heterocycles. The highest BCUT2D eigenvalue weighted by molar-refractivity contribution is 7.90. The van der Waals surface area contributed by atoms with E-state index in [9.17, 15) is 8.42 Å². The maximum atomic E-state index is 11.5. The van der Waals surface area contributed by atoms with Crippen molar-refractivity contribution in [1.29, 1.82) is 0 Å². The monoisotopic (exact) mass is 429 g/mol. The summed E-state index contributed by atoms with van der Waals surface area (Å²) in [6, 6.07) is 21.0. The molecular formula is C24H35N3O2S. The second-order valence-corrected chi connectivity index (χ2v) is 10.9. The number of nitrogens with zero attached hydrogens (tertiary/aromatic N) is 1. The van der Waals surface area contributed by atoms with Gasteiger partial charge in [-0.15, -0.1) is 0 Å². The van der Waals surface area contributed by atoms with Crippen LogP contribution in [0.5, 0.6) is 0 Å². The Bertz CT molecular complexity index is 895. The van der Waals surface area contributed by atoms with Gasteiger partial charge in [-0.1, -0.05) is 74.5 Å². The predicted molar refractivity (Wildman–Crippen MR) is 127 cm³/mol. The molecule has 0 heterocycles. The summed E-state index contributed by atoms with van der Waals surface area (Å²) in [6.45, 7) is 5.54. The Labute approximate surface area is 181 Å². The smallest absolute Gasteiger partial charge is 0.191 e. The van der Waals surface area contributed by atoms with Gasteiger partial charge < -0.3 is 10.6 Å². The van der Waals surface area contributed by atoms with Crippen LogP contribution in [0.1, 0.15) is 37.3 Å². The lowest BCUT2D eigenvalue weighted by atomic mass is 9.90. The van der Waals surface area contributed by atoms with Crippen LogP contribution in [0.25, 0.3) is 0 Å². The molecule has 2 aromatic carbocycles. The Morgan fingerprint density at radius 2 is 1.60 bits per heavy atom. The zero-order chi connectivity index (χ0) is 22.0. The number of nitrogens with one attached hydrogen (secondary N) is 2. The van der Waals surface area contributed by atoms with Crippen molar-refractivity contribution in [3.63, 3.8) is 0 Å². The Hall–Kier alpha value is -2.34. The Morgan fingerprint density at radius 3 is 2.17 bits per heavy atom. The largest absolute Gasteiger partial charge is 0.356 e. The SMILES string of the molecule is CN=C(NCC(Cc1ccccc1)c1ccccc1)NCC(C)(C)CCS(C)(=O)=O. The fourth-order valence-electron chi connectivity index (χ4n) is 3.25. The zero-order valence-electron chi connectivity index (χ0n) is 18.6. The molecule has 164 valence electrons. The van der Waals surface area contributed by atoms with Gasteiger partial charge >= 0.3 is 0 Å². The summed E-state index contributed by atoms with van der Waals surface area (Å²) in [5, 5.41) is 6.81. The van der Waals surface area contributed by atoms with Crippen LogP contribution >= 0.6 is 0 Å². The third-order valence-corrected chi connectivity index (χ3v) is 6.17. The van der Waals surface area contributed by atoms with E-state index in [1.165, 1.54) is 17.4 Å². The van der Waals surface area contributed by atoms with Gasteiger partial charge in [-0.2, -0.15) is 0 Å². The molecule has 0 fully saturated rings. The molecule has 0 aliphatic rings. The van der Waals surface area contributed by atoms with Crippen LogP contribution in [0.3, 0.4) is 0 Å². The fraction of sp³-hybridized carbons (Fsp3) is 0.458. The molecule has 0 aliphatic carbocycles. The summed E-state index contributed by atoms with van der Waals surface area (Å²) in [5.74, 6) is 1.24. The average molecular weight is 430 g/mol. The summed E-state index contributed by atoms with van der Waals surface area (Å²) >= 11 is 0. The lowest BCUT2D eigenvalue weighted by Crippen LogP contribution is -2.43. The first kappa shape index (κ1) is 23.9. The van der Waals surface area contributed by atoms with Crippen molar-refractivity contribution >= 4 is 15.8 Å². The van der Waals surface area contributed by atoms with Gasteiger partial charge in [0.1, 0.15) is 9.84 Å². The summed E-state index contributed by atoms with van der Waals surface area (Å²) < 4.78 is 23.0. The van der Waals surface area contributed by atoms with Gasteiger partial charge in [0, 0.05) is 32.3 Å². The van der Waals surface area contributed by atoms with E-state index in [2.05, 4.69) is 78.0 Å². The van der Waals surface area contributed by atoms with Gasteiger partial charge in [0.15, 0.2) is 5.96 Å². The van der Waals surface area contributed by atoms with E-state index in [4.69, 9.17) is 0 Å². The lowest BCUT2D eigenvalue weighted by molar-refractivity contribution is 0.348. The van der Waals surface area contributed by atoms with Gasteiger partial charge in [-0.25, -0.2) is 8.42 Å². The maximum Gasteiger partial charge on any atom is 0.191 e. The first-order valence-electron chi connectivity index (χ1n) is 10.4. The molecule has 30 heavy (non-hydrogen) atoms. The van der Waals surface area contributed by atoms with E-state index in [-0.39, 0.29) is 11.2 Å². The molecule has 0 amide bonds. The topological polar surface area (TPSA) is 70.6 Å². The predicted octanol–water partition coefficient (Wildman–Crippen LogP) is 3.64. The molecule has 1 unspecified atom stereocenters. The standard InChI is InChI=1S/C24H35N3O2S/c1-24(2,15-16-30(4,28)29)19-27-23(25-3)26-18-22(21-13-9-6-10-14-21)17-20-11-7-5-8-12-20/h5-14,22H,15-19H2,1-4H3,(H2,25,26,27). The van der Waals surface area contributed by atoms with Crippen LogP contribution in [-0.4, -0.2) is 46.5 Å². The summed E-state index contributed by atoms with van der Waals surface area (Å²) in [7, 11) is -1.20. The molecule has 0 radical (unpaired) electrons. The molecule has 0 aliphatic heterocycles. The molecule has 2 aromatic rings. The summed E-state index contributed by atoms with van der Waals surface area (Å²) in [4.78, 5) is 4.35. The minimum Gasteiger partial charge on any atom is -0.356 e. The van der Waals surface area contributed by atoms with E-state index >= 15 is 0 Å². The third-order valence-electron chi connectivity index (χ3n) is 5.22. The summed E-state index contributed by atoms with van der Waals surface area (Å²) in [5.41, 5.74) is 2.44. The quantitative estimate of drug-likeness (QED) is 0.447. The van der Waals surface area contributed by atoms with E-state index in [1.54, 1.807) is 7.05 Å². The first-order chi connectivity index (χ1) is 14.2. The highest BCUT2D eigenvalue weighted by atomic mass is 32.2. The average Bonchev–Trinajstić information content (AvgIpc) is 2.72. The number of guanidine groups is 1. The maximum absolute atomic E-state index is 11.5. The zero-order valence-corrected chi connectivity index (χ0v) is 19.4. The van der Waals surface area contributed by atoms with E-state index in [1.807, 2.05) is 12.1 Å². The van der Waals surface area contributed by atoms with Gasteiger partial charge in [0.2, 0.25) is 0 Å². The molecule has 5 nitrogen and oxygen atoms in total. The molecule has 0 saturated carbocycles. The molecule has 0 saturated heterocycles. The van der Waals surface area contributed by atoms with E-state index in [0.717, 1.165) is 18.9 Å². The highest BCUT2D eigenvalue weighted by Gasteiger charge is 2.21. The van der Waals surface area contributed by atoms with Gasteiger partial charge in [0.05, 0.1) is 5.75 Å². The third kappa shape index (κ3) is 8.99.